The molecule has 0 saturated carbocycles. The second-order valence-corrected chi connectivity index (χ2v) is 3.30. The van der Waals surface area contributed by atoms with Crippen LogP contribution in [0.1, 0.15) is 32.4 Å². The molecule has 0 saturated heterocycles. The van der Waals surface area contributed by atoms with Crippen LogP contribution in [0.5, 0.6) is 0 Å². The Morgan fingerprint density at radius 3 is 2.77 bits per heavy atom. The van der Waals surface area contributed by atoms with E-state index in [0.717, 1.165) is 24.7 Å². The van der Waals surface area contributed by atoms with Gasteiger partial charge in [0.15, 0.2) is 0 Å². The predicted octanol–water partition coefficient (Wildman–Crippen LogP) is 2.20. The highest BCUT2D eigenvalue weighted by atomic mass is 16.5. The average Bonchev–Trinajstić information content (AvgIpc) is 2.65. The van der Waals surface area contributed by atoms with Crippen LogP contribution in [0.2, 0.25) is 0 Å². The highest BCUT2D eigenvalue weighted by molar-refractivity contribution is 4.94. The molecular formula is C10H18N2O. The Labute approximate surface area is 79.5 Å². The molecule has 13 heavy (non-hydrogen) atoms. The number of hydrogen-bond donors (Lipinski definition) is 1. The van der Waals surface area contributed by atoms with E-state index in [1.54, 1.807) is 6.26 Å². The van der Waals surface area contributed by atoms with Gasteiger partial charge in [0.05, 0.1) is 5.69 Å². The van der Waals surface area contributed by atoms with E-state index in [2.05, 4.69) is 24.3 Å². The first-order valence-corrected chi connectivity index (χ1v) is 4.96. The highest BCUT2D eigenvalue weighted by Crippen LogP contribution is 2.05. The molecule has 0 aliphatic carbocycles. The molecular weight excluding hydrogens is 164 g/mol. The second kappa shape index (κ2) is 5.75. The fraction of sp³-hybridized carbons (Fsp3) is 0.700. The summed E-state index contributed by atoms with van der Waals surface area (Å²) in [5.74, 6) is 0.784. The van der Waals surface area contributed by atoms with Crippen LogP contribution in [0.15, 0.2) is 16.9 Å². The van der Waals surface area contributed by atoms with Crippen molar-refractivity contribution in [1.29, 1.82) is 0 Å². The van der Waals surface area contributed by atoms with E-state index in [1.165, 1.54) is 12.8 Å². The molecule has 0 aliphatic heterocycles. The van der Waals surface area contributed by atoms with Crippen molar-refractivity contribution in [1.82, 2.24) is 10.5 Å². The van der Waals surface area contributed by atoms with Crippen molar-refractivity contribution in [2.24, 2.45) is 5.92 Å². The number of nitrogens with one attached hydrogen (secondary N) is 1. The monoisotopic (exact) mass is 182 g/mol. The molecule has 1 heterocycles. The largest absolute Gasteiger partial charge is 0.364 e. The lowest BCUT2D eigenvalue weighted by Gasteiger charge is -2.11. The molecule has 1 N–H and O–H groups in total. The minimum Gasteiger partial charge on any atom is -0.364 e. The SMILES string of the molecule is CCC(CC)CNCc1ccon1. The summed E-state index contributed by atoms with van der Waals surface area (Å²) in [4.78, 5) is 0. The van der Waals surface area contributed by atoms with Crippen LogP contribution < -0.4 is 5.32 Å². The van der Waals surface area contributed by atoms with Gasteiger partial charge in [-0.1, -0.05) is 31.8 Å². The van der Waals surface area contributed by atoms with Crippen molar-refractivity contribution in [2.45, 2.75) is 33.2 Å². The molecule has 0 unspecified atom stereocenters. The first-order valence-electron chi connectivity index (χ1n) is 4.96. The maximum absolute atomic E-state index is 4.73. The highest BCUT2D eigenvalue weighted by Gasteiger charge is 2.02. The summed E-state index contributed by atoms with van der Waals surface area (Å²) in [5.41, 5.74) is 0.978. The average molecular weight is 182 g/mol. The molecule has 3 heteroatoms. The normalized spacial score (nSPS) is 11.0. The van der Waals surface area contributed by atoms with Gasteiger partial charge in [0.2, 0.25) is 0 Å². The Balaban J connectivity index is 2.13. The molecule has 0 amide bonds. The van der Waals surface area contributed by atoms with Gasteiger partial charge in [0.25, 0.3) is 0 Å². The van der Waals surface area contributed by atoms with Crippen molar-refractivity contribution in [3.63, 3.8) is 0 Å². The van der Waals surface area contributed by atoms with Gasteiger partial charge in [-0.25, -0.2) is 0 Å². The summed E-state index contributed by atoms with van der Waals surface area (Å²) >= 11 is 0. The third-order valence-electron chi connectivity index (χ3n) is 2.39. The molecule has 0 spiro atoms. The summed E-state index contributed by atoms with van der Waals surface area (Å²) < 4.78 is 4.73. The Morgan fingerprint density at radius 2 is 2.23 bits per heavy atom. The van der Waals surface area contributed by atoms with Crippen LogP contribution in [0.4, 0.5) is 0 Å². The van der Waals surface area contributed by atoms with Crippen molar-refractivity contribution in [2.75, 3.05) is 6.54 Å². The van der Waals surface area contributed by atoms with Crippen molar-refractivity contribution >= 4 is 0 Å². The zero-order chi connectivity index (χ0) is 9.52. The molecule has 3 nitrogen and oxygen atoms in total. The lowest BCUT2D eigenvalue weighted by Crippen LogP contribution is -2.21. The number of aromatic nitrogens is 1. The number of hydrogen-bond acceptors (Lipinski definition) is 3. The van der Waals surface area contributed by atoms with E-state index in [4.69, 9.17) is 4.52 Å². The maximum atomic E-state index is 4.73. The van der Waals surface area contributed by atoms with Crippen molar-refractivity contribution in [3.05, 3.63) is 18.0 Å². The van der Waals surface area contributed by atoms with Gasteiger partial charge in [-0.15, -0.1) is 0 Å². The number of rotatable bonds is 6. The fourth-order valence-corrected chi connectivity index (χ4v) is 1.31. The molecule has 74 valence electrons. The molecule has 0 fully saturated rings. The van der Waals surface area contributed by atoms with Crippen LogP contribution in [-0.2, 0) is 6.54 Å². The smallest absolute Gasteiger partial charge is 0.124 e. The first-order chi connectivity index (χ1) is 6.36. The summed E-state index contributed by atoms with van der Waals surface area (Å²) in [5, 5.41) is 7.19. The zero-order valence-corrected chi connectivity index (χ0v) is 8.42. The summed E-state index contributed by atoms with van der Waals surface area (Å²) in [6.45, 7) is 6.34. The lowest BCUT2D eigenvalue weighted by molar-refractivity contribution is 0.401. The fourth-order valence-electron chi connectivity index (χ4n) is 1.31. The van der Waals surface area contributed by atoms with Crippen LogP contribution in [0.25, 0.3) is 0 Å². The Morgan fingerprint density at radius 1 is 1.46 bits per heavy atom. The topological polar surface area (TPSA) is 38.1 Å². The van der Waals surface area contributed by atoms with Gasteiger partial charge >= 0.3 is 0 Å². The van der Waals surface area contributed by atoms with E-state index in [-0.39, 0.29) is 0 Å². The van der Waals surface area contributed by atoms with E-state index in [1.807, 2.05) is 6.07 Å². The van der Waals surface area contributed by atoms with Crippen molar-refractivity contribution in [3.8, 4) is 0 Å². The molecule has 1 rings (SSSR count). The van der Waals surface area contributed by atoms with Gasteiger partial charge < -0.3 is 9.84 Å². The van der Waals surface area contributed by atoms with Gasteiger partial charge in [0, 0.05) is 12.6 Å². The van der Waals surface area contributed by atoms with Gasteiger partial charge in [0.1, 0.15) is 6.26 Å². The maximum Gasteiger partial charge on any atom is 0.124 e. The minimum absolute atomic E-state index is 0.784. The molecule has 0 aromatic carbocycles. The summed E-state index contributed by atoms with van der Waals surface area (Å²) in [7, 11) is 0. The summed E-state index contributed by atoms with van der Waals surface area (Å²) in [6.07, 6.45) is 4.08. The molecule has 0 atom stereocenters. The Kier molecular flexibility index (Phi) is 4.54. The van der Waals surface area contributed by atoms with E-state index < -0.39 is 0 Å². The third-order valence-corrected chi connectivity index (χ3v) is 2.39. The van der Waals surface area contributed by atoms with Gasteiger partial charge in [-0.05, 0) is 12.5 Å². The zero-order valence-electron chi connectivity index (χ0n) is 8.42. The van der Waals surface area contributed by atoms with Gasteiger partial charge in [-0.3, -0.25) is 0 Å². The first kappa shape index (κ1) is 10.3. The number of nitrogens with zero attached hydrogens (tertiary/aromatic N) is 1. The molecule has 0 bridgehead atoms. The Hall–Kier alpha value is -0.830. The molecule has 0 radical (unpaired) electrons. The molecule has 0 aliphatic rings. The van der Waals surface area contributed by atoms with E-state index in [9.17, 15) is 0 Å². The van der Waals surface area contributed by atoms with Crippen LogP contribution in [0, 0.1) is 5.92 Å². The van der Waals surface area contributed by atoms with Gasteiger partial charge in [-0.2, -0.15) is 0 Å². The van der Waals surface area contributed by atoms with Crippen LogP contribution >= 0.6 is 0 Å². The third kappa shape index (κ3) is 3.59. The van der Waals surface area contributed by atoms with E-state index in [0.29, 0.717) is 0 Å². The second-order valence-electron chi connectivity index (χ2n) is 3.30. The molecule has 1 aromatic rings. The predicted molar refractivity (Wildman–Crippen MR) is 52.3 cm³/mol. The molecule has 1 aromatic heterocycles. The van der Waals surface area contributed by atoms with Crippen LogP contribution in [0.3, 0.4) is 0 Å². The van der Waals surface area contributed by atoms with Crippen molar-refractivity contribution < 1.29 is 4.52 Å². The Bertz CT molecular complexity index is 205. The standard InChI is InChI=1S/C10H18N2O/c1-3-9(4-2)7-11-8-10-5-6-13-12-10/h5-6,9,11H,3-4,7-8H2,1-2H3. The summed E-state index contributed by atoms with van der Waals surface area (Å²) in [6, 6.07) is 1.89. The van der Waals surface area contributed by atoms with Crippen LogP contribution in [-0.4, -0.2) is 11.7 Å². The quantitative estimate of drug-likeness (QED) is 0.733. The van der Waals surface area contributed by atoms with E-state index >= 15 is 0 Å². The lowest BCUT2D eigenvalue weighted by atomic mass is 10.0. The minimum atomic E-state index is 0.784.